The maximum absolute atomic E-state index is 12.8. The number of hydrogen-bond donors (Lipinski definition) is 1. The van der Waals surface area contributed by atoms with Gasteiger partial charge in [0.05, 0.1) is 25.4 Å². The van der Waals surface area contributed by atoms with Crippen molar-refractivity contribution in [2.24, 2.45) is 0 Å². The van der Waals surface area contributed by atoms with Crippen LogP contribution in [0.1, 0.15) is 49.8 Å². The Morgan fingerprint density at radius 1 is 1.07 bits per heavy atom. The number of carbonyl (C=O) groups is 1. The fourth-order valence-electron chi connectivity index (χ4n) is 3.74. The highest BCUT2D eigenvalue weighted by Gasteiger charge is 2.32. The topological polar surface area (TPSA) is 69.3 Å². The highest BCUT2D eigenvalue weighted by atomic mass is 16.3. The van der Waals surface area contributed by atoms with Crippen molar-refractivity contribution in [3.05, 3.63) is 60.1 Å². The summed E-state index contributed by atoms with van der Waals surface area (Å²) >= 11 is 0. The van der Waals surface area contributed by atoms with Crippen molar-refractivity contribution in [1.29, 1.82) is 5.26 Å². The van der Waals surface area contributed by atoms with Crippen LogP contribution in [-0.2, 0) is 17.9 Å². The van der Waals surface area contributed by atoms with Gasteiger partial charge >= 0.3 is 0 Å². The van der Waals surface area contributed by atoms with Crippen LogP contribution in [0.2, 0.25) is 0 Å². The number of benzene rings is 1. The molecule has 1 N–H and O–H groups in total. The molecule has 1 aromatic heterocycles. The molecule has 27 heavy (non-hydrogen) atoms. The second-order valence-corrected chi connectivity index (χ2v) is 7.37. The van der Waals surface area contributed by atoms with Crippen LogP contribution < -0.4 is 5.32 Å². The van der Waals surface area contributed by atoms with E-state index in [2.05, 4.69) is 23.5 Å². The highest BCUT2D eigenvalue weighted by Crippen LogP contribution is 2.26. The lowest BCUT2D eigenvalue weighted by Crippen LogP contribution is -2.50. The van der Waals surface area contributed by atoms with Gasteiger partial charge in [0.1, 0.15) is 11.3 Å². The largest absolute Gasteiger partial charge is 0.468 e. The van der Waals surface area contributed by atoms with E-state index in [0.717, 1.165) is 49.8 Å². The maximum atomic E-state index is 12.8. The summed E-state index contributed by atoms with van der Waals surface area (Å²) in [7, 11) is 0. The van der Waals surface area contributed by atoms with Gasteiger partial charge in [0.2, 0.25) is 5.91 Å². The Kier molecular flexibility index (Phi) is 6.67. The molecular formula is C22H27N3O2. The normalized spacial score (nSPS) is 16.4. The number of nitrogens with one attached hydrogen (secondary N) is 1. The van der Waals surface area contributed by atoms with Crippen molar-refractivity contribution < 1.29 is 9.21 Å². The zero-order valence-corrected chi connectivity index (χ0v) is 15.7. The molecule has 5 nitrogen and oxygen atoms in total. The lowest BCUT2D eigenvalue weighted by atomic mass is 9.92. The van der Waals surface area contributed by atoms with Crippen molar-refractivity contribution in [3.8, 4) is 6.07 Å². The lowest BCUT2D eigenvalue weighted by molar-refractivity contribution is -0.124. The molecule has 1 aliphatic rings. The summed E-state index contributed by atoms with van der Waals surface area (Å²) in [5.74, 6) is 0.726. The van der Waals surface area contributed by atoms with Crippen LogP contribution in [-0.4, -0.2) is 22.9 Å². The number of nitrogens with zero attached hydrogens (tertiary/aromatic N) is 2. The molecule has 0 unspecified atom stereocenters. The van der Waals surface area contributed by atoms with Crippen LogP contribution in [0.15, 0.2) is 53.1 Å². The van der Waals surface area contributed by atoms with Gasteiger partial charge in [-0.25, -0.2) is 0 Å². The maximum Gasteiger partial charge on any atom is 0.235 e. The fourth-order valence-corrected chi connectivity index (χ4v) is 3.74. The molecule has 0 aliphatic heterocycles. The van der Waals surface area contributed by atoms with E-state index in [1.165, 1.54) is 0 Å². The summed E-state index contributed by atoms with van der Waals surface area (Å²) in [6.07, 6.45) is 7.39. The third kappa shape index (κ3) is 5.70. The smallest absolute Gasteiger partial charge is 0.235 e. The van der Waals surface area contributed by atoms with Gasteiger partial charge in [-0.1, -0.05) is 56.0 Å². The molecule has 0 bridgehead atoms. The number of amides is 1. The Labute approximate surface area is 161 Å². The van der Waals surface area contributed by atoms with Crippen molar-refractivity contribution in [2.45, 2.75) is 57.2 Å². The quantitative estimate of drug-likeness (QED) is 0.753. The van der Waals surface area contributed by atoms with Gasteiger partial charge < -0.3 is 9.73 Å². The van der Waals surface area contributed by atoms with Crippen LogP contribution in [0, 0.1) is 11.3 Å². The monoisotopic (exact) mass is 365 g/mol. The minimum Gasteiger partial charge on any atom is -0.468 e. The number of nitriles is 1. The third-order valence-electron chi connectivity index (χ3n) is 5.13. The zero-order chi connectivity index (χ0) is 19.0. The molecule has 1 aromatic carbocycles. The Hall–Kier alpha value is -2.58. The predicted molar refractivity (Wildman–Crippen MR) is 103 cm³/mol. The average Bonchev–Trinajstić information content (AvgIpc) is 3.07. The van der Waals surface area contributed by atoms with Crippen LogP contribution in [0.5, 0.6) is 0 Å². The van der Waals surface area contributed by atoms with Gasteiger partial charge in [-0.15, -0.1) is 0 Å². The Balaban J connectivity index is 1.66. The average molecular weight is 365 g/mol. The van der Waals surface area contributed by atoms with Gasteiger partial charge in [0.15, 0.2) is 0 Å². The van der Waals surface area contributed by atoms with Crippen molar-refractivity contribution in [1.82, 2.24) is 10.2 Å². The Bertz CT molecular complexity index is 742. The molecule has 1 saturated carbocycles. The number of hydrogen-bond acceptors (Lipinski definition) is 4. The first kappa shape index (κ1) is 19.2. The molecule has 1 amide bonds. The van der Waals surface area contributed by atoms with E-state index in [4.69, 9.17) is 4.42 Å². The van der Waals surface area contributed by atoms with Crippen molar-refractivity contribution >= 4 is 5.91 Å². The van der Waals surface area contributed by atoms with Gasteiger partial charge in [-0.05, 0) is 30.5 Å². The Morgan fingerprint density at radius 3 is 2.44 bits per heavy atom. The zero-order valence-electron chi connectivity index (χ0n) is 15.7. The molecular weight excluding hydrogens is 338 g/mol. The summed E-state index contributed by atoms with van der Waals surface area (Å²) < 4.78 is 5.47. The first-order valence-electron chi connectivity index (χ1n) is 9.70. The van der Waals surface area contributed by atoms with Crippen molar-refractivity contribution in [2.75, 3.05) is 6.54 Å². The van der Waals surface area contributed by atoms with E-state index in [0.29, 0.717) is 13.1 Å². The van der Waals surface area contributed by atoms with Gasteiger partial charge in [0.25, 0.3) is 0 Å². The summed E-state index contributed by atoms with van der Waals surface area (Å²) in [6, 6.07) is 16.2. The van der Waals surface area contributed by atoms with Gasteiger partial charge in [0, 0.05) is 6.54 Å². The minimum atomic E-state index is -0.712. The molecule has 5 heteroatoms. The molecule has 0 atom stereocenters. The molecule has 0 spiro atoms. The summed E-state index contributed by atoms with van der Waals surface area (Å²) in [5.41, 5.74) is 0.428. The SMILES string of the molecule is N#CC1(NC(=O)CN(Cc2ccccc2)Cc2ccco2)CCCCCC1. The molecule has 1 fully saturated rings. The minimum absolute atomic E-state index is 0.0964. The van der Waals surface area contributed by atoms with E-state index in [9.17, 15) is 10.1 Å². The summed E-state index contributed by atoms with van der Waals surface area (Å²) in [6.45, 7) is 1.43. The Morgan fingerprint density at radius 2 is 1.81 bits per heavy atom. The lowest BCUT2D eigenvalue weighted by Gasteiger charge is -2.28. The number of furan rings is 1. The highest BCUT2D eigenvalue weighted by molar-refractivity contribution is 5.79. The predicted octanol–water partition coefficient (Wildman–Crippen LogP) is 4.01. The molecule has 1 heterocycles. The summed E-state index contributed by atoms with van der Waals surface area (Å²) in [4.78, 5) is 14.8. The summed E-state index contributed by atoms with van der Waals surface area (Å²) in [5, 5.41) is 12.7. The van der Waals surface area contributed by atoms with Crippen LogP contribution in [0.3, 0.4) is 0 Å². The molecule has 1 aliphatic carbocycles. The van der Waals surface area contributed by atoms with Crippen LogP contribution in [0.25, 0.3) is 0 Å². The molecule has 3 rings (SSSR count). The van der Waals surface area contributed by atoms with Gasteiger partial charge in [-0.2, -0.15) is 5.26 Å². The van der Waals surface area contributed by atoms with E-state index >= 15 is 0 Å². The van der Waals surface area contributed by atoms with Crippen molar-refractivity contribution in [3.63, 3.8) is 0 Å². The molecule has 0 radical (unpaired) electrons. The van der Waals surface area contributed by atoms with E-state index in [1.54, 1.807) is 6.26 Å². The van der Waals surface area contributed by atoms with E-state index < -0.39 is 5.54 Å². The van der Waals surface area contributed by atoms with E-state index in [1.807, 2.05) is 35.2 Å². The second-order valence-electron chi connectivity index (χ2n) is 7.37. The molecule has 0 saturated heterocycles. The van der Waals surface area contributed by atoms with Crippen LogP contribution in [0.4, 0.5) is 0 Å². The number of rotatable bonds is 7. The third-order valence-corrected chi connectivity index (χ3v) is 5.13. The molecule has 2 aromatic rings. The standard InChI is InChI=1S/C22H27N3O2/c23-18-22(12-6-1-2-7-13-22)24-21(26)17-25(16-20-11-8-14-27-20)15-19-9-4-3-5-10-19/h3-5,8-11,14H,1-2,6-7,12-13,15-17H2,(H,24,26). The number of carbonyl (C=O) groups excluding carboxylic acids is 1. The van der Waals surface area contributed by atoms with E-state index in [-0.39, 0.29) is 12.5 Å². The first-order valence-corrected chi connectivity index (χ1v) is 9.70. The van der Waals surface area contributed by atoms with Crippen LogP contribution >= 0.6 is 0 Å². The van der Waals surface area contributed by atoms with Gasteiger partial charge in [-0.3, -0.25) is 9.69 Å². The molecule has 142 valence electrons. The fraction of sp³-hybridized carbons (Fsp3) is 0.455. The first-order chi connectivity index (χ1) is 13.2. The second kappa shape index (κ2) is 9.38.